The second kappa shape index (κ2) is 7.94. The molecule has 0 aliphatic carbocycles. The largest absolute Gasteiger partial charge is 0.466 e. The molecule has 0 unspecified atom stereocenters. The molecule has 0 bridgehead atoms. The van der Waals surface area contributed by atoms with Crippen LogP contribution in [0.3, 0.4) is 0 Å². The van der Waals surface area contributed by atoms with Crippen molar-refractivity contribution >= 4 is 24.7 Å². The molecule has 1 atom stereocenters. The van der Waals surface area contributed by atoms with Gasteiger partial charge in [0, 0.05) is 16.9 Å². The van der Waals surface area contributed by atoms with Crippen molar-refractivity contribution in [2.75, 3.05) is 6.61 Å². The van der Waals surface area contributed by atoms with Gasteiger partial charge in [-0.3, -0.25) is 0 Å². The second-order valence-corrected chi connectivity index (χ2v) is 7.61. The third-order valence-electron chi connectivity index (χ3n) is 4.83. The van der Waals surface area contributed by atoms with Gasteiger partial charge in [0.25, 0.3) is 0 Å². The Morgan fingerprint density at radius 2 is 1.76 bits per heavy atom. The van der Waals surface area contributed by atoms with E-state index in [-0.39, 0.29) is 11.8 Å². The molecule has 1 aromatic rings. The first-order chi connectivity index (χ1) is 11.7. The van der Waals surface area contributed by atoms with E-state index in [0.717, 1.165) is 5.56 Å². The highest BCUT2D eigenvalue weighted by Crippen LogP contribution is 2.41. The van der Waals surface area contributed by atoms with Crippen LogP contribution in [-0.2, 0) is 18.8 Å². The Labute approximate surface area is 155 Å². The summed E-state index contributed by atoms with van der Waals surface area (Å²) < 4.78 is 17.4. The van der Waals surface area contributed by atoms with Crippen LogP contribution in [0, 0.1) is 0 Å². The summed E-state index contributed by atoms with van der Waals surface area (Å²) in [6.07, 6.45) is 3.86. The fourth-order valence-corrected chi connectivity index (χ4v) is 2.79. The van der Waals surface area contributed by atoms with Gasteiger partial charge >= 0.3 is 13.1 Å². The molecule has 0 amide bonds. The molecule has 0 saturated carbocycles. The Morgan fingerprint density at radius 1 is 1.20 bits per heavy atom. The first-order valence-electron chi connectivity index (χ1n) is 8.60. The summed E-state index contributed by atoms with van der Waals surface area (Å²) >= 11 is 6.01. The highest BCUT2D eigenvalue weighted by Gasteiger charge is 2.53. The predicted octanol–water partition coefficient (Wildman–Crippen LogP) is 4.56. The van der Waals surface area contributed by atoms with Crippen molar-refractivity contribution in [2.24, 2.45) is 0 Å². The van der Waals surface area contributed by atoms with Gasteiger partial charge in [-0.2, -0.15) is 0 Å². The molecule has 1 aliphatic rings. The molecule has 0 spiro atoms. The van der Waals surface area contributed by atoms with Crippen LogP contribution >= 0.6 is 11.6 Å². The minimum atomic E-state index is -0.410. The van der Waals surface area contributed by atoms with E-state index < -0.39 is 18.3 Å². The van der Waals surface area contributed by atoms with E-state index >= 15 is 0 Å². The van der Waals surface area contributed by atoms with Crippen molar-refractivity contribution in [2.45, 2.75) is 58.1 Å². The van der Waals surface area contributed by atoms with E-state index in [0.29, 0.717) is 18.1 Å². The van der Waals surface area contributed by atoms with Crippen molar-refractivity contribution in [1.82, 2.24) is 0 Å². The van der Waals surface area contributed by atoms with Crippen molar-refractivity contribution in [3.05, 3.63) is 47.0 Å². The molecule has 1 heterocycles. The van der Waals surface area contributed by atoms with Crippen molar-refractivity contribution in [3.8, 4) is 0 Å². The van der Waals surface area contributed by atoms with Crippen LogP contribution in [0.15, 0.2) is 36.4 Å². The Hall–Kier alpha value is -1.30. The molecular formula is C19H26BClO4. The summed E-state index contributed by atoms with van der Waals surface area (Å²) in [6.45, 7) is 10.3. The number of carbonyl (C=O) groups excluding carboxylic acids is 1. The number of carbonyl (C=O) groups is 1. The van der Waals surface area contributed by atoms with Gasteiger partial charge in [0.2, 0.25) is 0 Å². The summed E-state index contributed by atoms with van der Waals surface area (Å²) in [5, 5.41) is 0.679. The van der Waals surface area contributed by atoms with Crippen LogP contribution in [0.5, 0.6) is 0 Å². The zero-order valence-corrected chi connectivity index (χ0v) is 16.3. The zero-order valence-electron chi connectivity index (χ0n) is 15.5. The van der Waals surface area contributed by atoms with E-state index in [9.17, 15) is 4.79 Å². The fourth-order valence-electron chi connectivity index (χ4n) is 2.67. The van der Waals surface area contributed by atoms with Gasteiger partial charge in [-0.25, -0.2) is 4.79 Å². The van der Waals surface area contributed by atoms with Crippen LogP contribution in [0.2, 0.25) is 5.02 Å². The number of rotatable bonds is 6. The maximum absolute atomic E-state index is 11.5. The van der Waals surface area contributed by atoms with Crippen LogP contribution < -0.4 is 0 Å². The van der Waals surface area contributed by atoms with Gasteiger partial charge in [-0.1, -0.05) is 29.8 Å². The number of hydrogen-bond acceptors (Lipinski definition) is 4. The summed E-state index contributed by atoms with van der Waals surface area (Å²) in [5.41, 5.74) is 0.233. The molecule has 0 aromatic heterocycles. The molecule has 136 valence electrons. The van der Waals surface area contributed by atoms with Crippen molar-refractivity contribution in [3.63, 3.8) is 0 Å². The summed E-state index contributed by atoms with van der Waals surface area (Å²) in [5.74, 6) is -0.393. The summed E-state index contributed by atoms with van der Waals surface area (Å²) in [4.78, 5) is 11.5. The van der Waals surface area contributed by atoms with Crippen molar-refractivity contribution in [1.29, 1.82) is 0 Å². The highest BCUT2D eigenvalue weighted by atomic mass is 35.5. The van der Waals surface area contributed by atoms with Gasteiger partial charge in [-0.05, 0) is 58.7 Å². The molecule has 4 nitrogen and oxygen atoms in total. The molecule has 1 saturated heterocycles. The summed E-state index contributed by atoms with van der Waals surface area (Å²) in [6, 6.07) is 7.64. The first kappa shape index (κ1) is 20.0. The number of allylic oxidation sites excluding steroid dienone is 1. The average molecular weight is 365 g/mol. The molecule has 0 N–H and O–H groups in total. The highest BCUT2D eigenvalue weighted by molar-refractivity contribution is 6.47. The lowest BCUT2D eigenvalue weighted by atomic mass is 9.66. The van der Waals surface area contributed by atoms with E-state index in [1.165, 1.54) is 6.08 Å². The van der Waals surface area contributed by atoms with Gasteiger partial charge in [0.05, 0.1) is 17.8 Å². The lowest BCUT2D eigenvalue weighted by Crippen LogP contribution is -2.41. The minimum Gasteiger partial charge on any atom is -0.463 e. The third-order valence-corrected chi connectivity index (χ3v) is 5.08. The normalized spacial score (nSPS) is 20.0. The third kappa shape index (κ3) is 4.87. The smallest absolute Gasteiger partial charge is 0.463 e. The maximum atomic E-state index is 11.5. The molecule has 1 fully saturated rings. The molecule has 1 aromatic carbocycles. The lowest BCUT2D eigenvalue weighted by Gasteiger charge is -2.32. The van der Waals surface area contributed by atoms with Gasteiger partial charge < -0.3 is 14.0 Å². The maximum Gasteiger partial charge on any atom is 0.466 e. The SMILES string of the molecule is CCOC(=O)/C=C/C[C@H](B1OC(C)(C)C(C)(C)O1)c1ccc(Cl)cc1. The Morgan fingerprint density at radius 3 is 2.28 bits per heavy atom. The fraction of sp³-hybridized carbons (Fsp3) is 0.526. The molecular weight excluding hydrogens is 338 g/mol. The molecule has 25 heavy (non-hydrogen) atoms. The van der Waals surface area contributed by atoms with Crippen LogP contribution in [0.4, 0.5) is 0 Å². The standard InChI is InChI=1S/C19H26BClO4/c1-6-23-17(22)9-7-8-16(14-10-12-15(21)13-11-14)20-24-18(2,3)19(4,5)25-20/h7,9-13,16H,6,8H2,1-5H3/b9-7+/t16-/m0/s1. The topological polar surface area (TPSA) is 44.8 Å². The minimum absolute atomic E-state index is 0.0519. The first-order valence-corrected chi connectivity index (χ1v) is 8.98. The number of ether oxygens (including phenoxy) is 1. The monoisotopic (exact) mass is 364 g/mol. The average Bonchev–Trinajstić information content (AvgIpc) is 2.73. The van der Waals surface area contributed by atoms with E-state index in [2.05, 4.69) is 0 Å². The van der Waals surface area contributed by atoms with Crippen LogP contribution in [-0.4, -0.2) is 30.9 Å². The van der Waals surface area contributed by atoms with E-state index in [1.807, 2.05) is 58.0 Å². The number of hydrogen-bond donors (Lipinski definition) is 0. The second-order valence-electron chi connectivity index (χ2n) is 7.17. The van der Waals surface area contributed by atoms with Gasteiger partial charge in [0.1, 0.15) is 0 Å². The van der Waals surface area contributed by atoms with E-state index in [4.69, 9.17) is 25.6 Å². The quantitative estimate of drug-likeness (QED) is 0.421. The van der Waals surface area contributed by atoms with Gasteiger partial charge in [0.15, 0.2) is 0 Å². The Balaban J connectivity index is 2.21. The summed E-state index contributed by atoms with van der Waals surface area (Å²) in [7, 11) is -0.405. The van der Waals surface area contributed by atoms with Crippen molar-refractivity contribution < 1.29 is 18.8 Å². The predicted molar refractivity (Wildman–Crippen MR) is 101 cm³/mol. The Kier molecular flexibility index (Phi) is 6.36. The Bertz CT molecular complexity index is 609. The van der Waals surface area contributed by atoms with Crippen LogP contribution in [0.25, 0.3) is 0 Å². The number of benzene rings is 1. The van der Waals surface area contributed by atoms with Gasteiger partial charge in [-0.15, -0.1) is 0 Å². The molecule has 2 rings (SSSR count). The lowest BCUT2D eigenvalue weighted by molar-refractivity contribution is -0.137. The zero-order chi connectivity index (χ0) is 18.7. The number of esters is 1. The molecule has 1 aliphatic heterocycles. The van der Waals surface area contributed by atoms with E-state index in [1.54, 1.807) is 6.92 Å². The molecule has 6 heteroatoms. The van der Waals surface area contributed by atoms with Crippen LogP contribution in [0.1, 0.15) is 52.4 Å². The molecule has 0 radical (unpaired) electrons. The number of halogens is 1.